The van der Waals surface area contributed by atoms with Crippen LogP contribution in [0.5, 0.6) is 11.5 Å². The summed E-state index contributed by atoms with van der Waals surface area (Å²) >= 11 is 0. The van der Waals surface area contributed by atoms with Gasteiger partial charge in [-0.25, -0.2) is 9.69 Å². The Bertz CT molecular complexity index is 1710. The standard InChI is InChI=1S/C42H54N2O6Si/c1-40(2,3)50-39(46)44-24-15-22-42(28-37(44)45)23-20-32-31(33-26-35(47-7)36(48-8)27-34(33)43-38(32)42)21-25-49-51(41(4,5)6,29-16-11-9-12-17-29)30-18-13-10-14-19-30/h9-19,22,26-27,31-32,38,43H,20-21,23-25,28H2,1-8H3/t31-,32-,38-,42+/m0/s1. The van der Waals surface area contributed by atoms with Gasteiger partial charge < -0.3 is 24.0 Å². The molecule has 3 aromatic rings. The zero-order valence-electron chi connectivity index (χ0n) is 31.5. The number of ether oxygens (including phenoxy) is 3. The monoisotopic (exact) mass is 710 g/mol. The number of methoxy groups -OCH3 is 2. The van der Waals surface area contributed by atoms with E-state index in [2.05, 4.69) is 98.9 Å². The van der Waals surface area contributed by atoms with Gasteiger partial charge in [-0.05, 0) is 78.9 Å². The van der Waals surface area contributed by atoms with Crippen LogP contribution in [0.3, 0.4) is 0 Å². The minimum Gasteiger partial charge on any atom is -0.493 e. The van der Waals surface area contributed by atoms with Crippen LogP contribution in [0.2, 0.25) is 5.04 Å². The summed E-state index contributed by atoms with van der Waals surface area (Å²) in [6.45, 7) is 13.1. The van der Waals surface area contributed by atoms with Gasteiger partial charge in [0.2, 0.25) is 5.91 Å². The SMILES string of the molecule is COc1cc2c(cc1OC)[C@@H](CCO[Si](c1ccccc1)(c1ccccc1)C(C)(C)C)[C@@H]1CC[C@@]3(C=CCN(C(=O)OC(C)(C)C)C(=O)C3)[C@H]1N2. The zero-order valence-corrected chi connectivity index (χ0v) is 32.5. The first kappa shape index (κ1) is 36.7. The highest BCUT2D eigenvalue weighted by atomic mass is 28.4. The van der Waals surface area contributed by atoms with Crippen LogP contribution in [0, 0.1) is 11.3 Å². The van der Waals surface area contributed by atoms with E-state index in [4.69, 9.17) is 18.6 Å². The average Bonchev–Trinajstić information content (AvgIpc) is 3.33. The highest BCUT2D eigenvalue weighted by molar-refractivity contribution is 6.99. The third kappa shape index (κ3) is 6.95. The van der Waals surface area contributed by atoms with Gasteiger partial charge in [0.05, 0.1) is 20.8 Å². The average molecular weight is 711 g/mol. The number of hydrogen-bond donors (Lipinski definition) is 1. The molecule has 0 bridgehead atoms. The minimum atomic E-state index is -2.75. The predicted octanol–water partition coefficient (Wildman–Crippen LogP) is 7.67. The van der Waals surface area contributed by atoms with E-state index in [9.17, 15) is 9.59 Å². The second kappa shape index (κ2) is 14.1. The maximum Gasteiger partial charge on any atom is 0.417 e. The molecular weight excluding hydrogens is 657 g/mol. The van der Waals surface area contributed by atoms with Gasteiger partial charge in [0.1, 0.15) is 5.60 Å². The quantitative estimate of drug-likeness (QED) is 0.190. The molecule has 1 aliphatic carbocycles. The van der Waals surface area contributed by atoms with Crippen LogP contribution >= 0.6 is 0 Å². The van der Waals surface area contributed by atoms with E-state index in [1.54, 1.807) is 14.2 Å². The number of carbonyl (C=O) groups is 2. The molecule has 0 saturated heterocycles. The van der Waals surface area contributed by atoms with Crippen LogP contribution in [-0.4, -0.2) is 64.2 Å². The molecular formula is C42H54N2O6Si. The van der Waals surface area contributed by atoms with Gasteiger partial charge in [-0.15, -0.1) is 0 Å². The topological polar surface area (TPSA) is 86.3 Å². The van der Waals surface area contributed by atoms with Gasteiger partial charge in [-0.3, -0.25) is 4.79 Å². The van der Waals surface area contributed by atoms with Crippen molar-refractivity contribution in [1.29, 1.82) is 0 Å². The van der Waals surface area contributed by atoms with E-state index < -0.39 is 25.4 Å². The molecule has 4 atom stereocenters. The number of amides is 2. The van der Waals surface area contributed by atoms with E-state index in [1.807, 2.05) is 32.9 Å². The third-order valence-corrected chi connectivity index (χ3v) is 16.1. The summed E-state index contributed by atoms with van der Waals surface area (Å²) in [7, 11) is 0.580. The lowest BCUT2D eigenvalue weighted by molar-refractivity contribution is -0.131. The third-order valence-electron chi connectivity index (χ3n) is 11.1. The lowest BCUT2D eigenvalue weighted by Crippen LogP contribution is -2.66. The summed E-state index contributed by atoms with van der Waals surface area (Å²) in [6.07, 6.45) is 6.35. The summed E-state index contributed by atoms with van der Waals surface area (Å²) < 4.78 is 24.6. The highest BCUT2D eigenvalue weighted by Gasteiger charge is 2.55. The lowest BCUT2D eigenvalue weighted by atomic mass is 9.70. The number of imide groups is 1. The van der Waals surface area contributed by atoms with Crippen molar-refractivity contribution in [1.82, 2.24) is 4.90 Å². The Balaban J connectivity index is 1.35. The highest BCUT2D eigenvalue weighted by Crippen LogP contribution is 2.58. The summed E-state index contributed by atoms with van der Waals surface area (Å²) in [5, 5.41) is 6.27. The summed E-state index contributed by atoms with van der Waals surface area (Å²) in [5.41, 5.74) is 1.01. The Labute approximate surface area is 304 Å². The van der Waals surface area contributed by atoms with Crippen molar-refractivity contribution in [3.8, 4) is 11.5 Å². The van der Waals surface area contributed by atoms with E-state index in [0.717, 1.165) is 24.9 Å². The summed E-state index contributed by atoms with van der Waals surface area (Å²) in [6, 6.07) is 25.6. The van der Waals surface area contributed by atoms with Crippen LogP contribution in [0.4, 0.5) is 10.5 Å². The smallest absolute Gasteiger partial charge is 0.417 e. The van der Waals surface area contributed by atoms with Crippen molar-refractivity contribution < 1.29 is 28.2 Å². The van der Waals surface area contributed by atoms with Crippen molar-refractivity contribution in [2.45, 2.75) is 89.8 Å². The summed E-state index contributed by atoms with van der Waals surface area (Å²) in [4.78, 5) is 28.2. The second-order valence-corrected chi connectivity index (χ2v) is 20.6. The fourth-order valence-electron chi connectivity index (χ4n) is 8.87. The van der Waals surface area contributed by atoms with Gasteiger partial charge in [0.15, 0.2) is 11.5 Å². The zero-order chi connectivity index (χ0) is 36.6. The molecule has 1 saturated carbocycles. The summed E-state index contributed by atoms with van der Waals surface area (Å²) in [5.74, 6) is 1.50. The van der Waals surface area contributed by atoms with E-state index in [-0.39, 0.29) is 41.8 Å². The number of hydrogen-bond acceptors (Lipinski definition) is 7. The predicted molar refractivity (Wildman–Crippen MR) is 205 cm³/mol. The number of carbonyl (C=O) groups excluding carboxylic acids is 2. The Morgan fingerprint density at radius 2 is 1.53 bits per heavy atom. The van der Waals surface area contributed by atoms with Gasteiger partial charge in [-0.1, -0.05) is 93.6 Å². The van der Waals surface area contributed by atoms with E-state index >= 15 is 0 Å². The van der Waals surface area contributed by atoms with Crippen molar-refractivity contribution in [2.75, 3.05) is 32.7 Å². The van der Waals surface area contributed by atoms with E-state index in [0.29, 0.717) is 18.1 Å². The Kier molecular flexibility index (Phi) is 10.2. The molecule has 0 aromatic heterocycles. The van der Waals surface area contributed by atoms with Gasteiger partial charge in [0, 0.05) is 36.2 Å². The molecule has 0 unspecified atom stereocenters. The molecule has 1 spiro atoms. The van der Waals surface area contributed by atoms with Crippen molar-refractivity contribution >= 4 is 36.4 Å². The normalized spacial score (nSPS) is 23.3. The van der Waals surface area contributed by atoms with Crippen LogP contribution in [-0.2, 0) is 14.0 Å². The fraction of sp³-hybridized carbons (Fsp3) is 0.476. The molecule has 272 valence electrons. The molecule has 9 heteroatoms. The number of rotatable bonds is 8. The molecule has 3 aromatic carbocycles. The molecule has 8 nitrogen and oxygen atoms in total. The van der Waals surface area contributed by atoms with Gasteiger partial charge in [-0.2, -0.15) is 0 Å². The van der Waals surface area contributed by atoms with Crippen LogP contribution < -0.4 is 25.2 Å². The van der Waals surface area contributed by atoms with E-state index in [1.165, 1.54) is 20.8 Å². The Hall–Kier alpha value is -4.08. The number of benzene rings is 3. The van der Waals surface area contributed by atoms with Crippen molar-refractivity contribution in [2.24, 2.45) is 11.3 Å². The molecule has 2 aliphatic heterocycles. The molecule has 1 fully saturated rings. The molecule has 2 amide bonds. The first-order valence-electron chi connectivity index (χ1n) is 18.2. The van der Waals surface area contributed by atoms with Crippen LogP contribution in [0.1, 0.15) is 78.7 Å². The number of nitrogens with one attached hydrogen (secondary N) is 1. The van der Waals surface area contributed by atoms with Crippen molar-refractivity contribution in [3.63, 3.8) is 0 Å². The second-order valence-electron chi connectivity index (χ2n) is 16.3. The number of nitrogens with zero attached hydrogens (tertiary/aromatic N) is 1. The maximum atomic E-state index is 13.8. The minimum absolute atomic E-state index is 0.0280. The lowest BCUT2D eigenvalue weighted by Gasteiger charge is -2.45. The molecule has 2 heterocycles. The number of fused-ring (bicyclic) bond motifs is 3. The largest absolute Gasteiger partial charge is 0.493 e. The molecule has 3 aliphatic rings. The van der Waals surface area contributed by atoms with Gasteiger partial charge >= 0.3 is 6.09 Å². The molecule has 0 radical (unpaired) electrons. The maximum absolute atomic E-state index is 13.8. The molecule has 6 rings (SSSR count). The van der Waals surface area contributed by atoms with Crippen LogP contribution in [0.25, 0.3) is 0 Å². The van der Waals surface area contributed by atoms with Crippen molar-refractivity contribution in [3.05, 3.63) is 90.5 Å². The first-order chi connectivity index (χ1) is 24.2. The van der Waals surface area contributed by atoms with Crippen LogP contribution in [0.15, 0.2) is 84.9 Å². The number of anilines is 1. The fourth-order valence-corrected chi connectivity index (χ4v) is 13.5. The Morgan fingerprint density at radius 3 is 2.10 bits per heavy atom. The first-order valence-corrected chi connectivity index (χ1v) is 20.1. The Morgan fingerprint density at radius 1 is 0.922 bits per heavy atom. The molecule has 51 heavy (non-hydrogen) atoms. The van der Waals surface area contributed by atoms with Gasteiger partial charge in [0.25, 0.3) is 8.32 Å². The molecule has 1 N–H and O–H groups in total.